The molecule has 0 saturated carbocycles. The average Bonchev–Trinajstić information content (AvgIpc) is 2.19. The van der Waals surface area contributed by atoms with Gasteiger partial charge in [-0.15, -0.1) is 0 Å². The van der Waals surface area contributed by atoms with Crippen molar-refractivity contribution in [2.45, 2.75) is 45.7 Å². The fraction of sp³-hybridized carbons (Fsp3) is 0.615. The van der Waals surface area contributed by atoms with Crippen LogP contribution in [0, 0.1) is 13.8 Å². The molecule has 2 unspecified atom stereocenters. The Morgan fingerprint density at radius 2 is 2.12 bits per heavy atom. The van der Waals surface area contributed by atoms with E-state index in [9.17, 15) is 0 Å². The quantitative estimate of drug-likeness (QED) is 0.785. The first-order valence-corrected chi connectivity index (χ1v) is 6.04. The Kier molecular flexibility index (Phi) is 3.15. The highest BCUT2D eigenvalue weighted by Crippen LogP contribution is 2.26. The van der Waals surface area contributed by atoms with Crippen molar-refractivity contribution in [2.24, 2.45) is 5.73 Å². The number of pyridine rings is 1. The van der Waals surface area contributed by atoms with Crippen LogP contribution in [0.25, 0.3) is 0 Å². The molecule has 2 heterocycles. The summed E-state index contributed by atoms with van der Waals surface area (Å²) in [7, 11) is 0. The number of hydrogen-bond donors (Lipinski definition) is 1. The predicted molar refractivity (Wildman–Crippen MR) is 67.7 cm³/mol. The molecule has 0 spiro atoms. The normalized spacial score (nSPS) is 25.9. The van der Waals surface area contributed by atoms with Gasteiger partial charge < -0.3 is 10.6 Å². The number of nitrogens with zero attached hydrogens (tertiary/aromatic N) is 2. The first-order valence-electron chi connectivity index (χ1n) is 6.04. The van der Waals surface area contributed by atoms with Gasteiger partial charge in [0.05, 0.1) is 11.4 Å². The van der Waals surface area contributed by atoms with Gasteiger partial charge in [-0.05, 0) is 45.7 Å². The largest absolute Gasteiger partial charge is 0.367 e. The van der Waals surface area contributed by atoms with E-state index in [1.807, 2.05) is 6.92 Å². The lowest BCUT2D eigenvalue weighted by Crippen LogP contribution is -2.46. The summed E-state index contributed by atoms with van der Waals surface area (Å²) >= 11 is 0. The molecule has 3 nitrogen and oxygen atoms in total. The summed E-state index contributed by atoms with van der Waals surface area (Å²) in [5, 5.41) is 0. The summed E-state index contributed by atoms with van der Waals surface area (Å²) in [5.74, 6) is 0. The van der Waals surface area contributed by atoms with Crippen LogP contribution >= 0.6 is 0 Å². The summed E-state index contributed by atoms with van der Waals surface area (Å²) in [6.45, 7) is 7.42. The van der Waals surface area contributed by atoms with Gasteiger partial charge in [0, 0.05) is 24.3 Å². The molecular formula is C13H21N3. The van der Waals surface area contributed by atoms with Crippen LogP contribution in [0.5, 0.6) is 0 Å². The maximum atomic E-state index is 5.99. The Morgan fingerprint density at radius 3 is 2.75 bits per heavy atom. The van der Waals surface area contributed by atoms with Crippen LogP contribution in [0.2, 0.25) is 0 Å². The Balaban J connectivity index is 2.23. The smallest absolute Gasteiger partial charge is 0.0609 e. The van der Waals surface area contributed by atoms with Crippen molar-refractivity contribution < 1.29 is 0 Å². The van der Waals surface area contributed by atoms with E-state index < -0.39 is 0 Å². The number of nitrogens with two attached hydrogens (primary N) is 1. The van der Waals surface area contributed by atoms with E-state index in [0.717, 1.165) is 30.8 Å². The van der Waals surface area contributed by atoms with E-state index in [-0.39, 0.29) is 0 Å². The SMILES string of the molecule is Cc1ccc(N2CCC(N)CC2C)c(C)n1. The molecule has 1 aliphatic rings. The molecule has 1 fully saturated rings. The first-order chi connectivity index (χ1) is 7.58. The minimum atomic E-state index is 0.366. The van der Waals surface area contributed by atoms with Crippen LogP contribution in [0.1, 0.15) is 31.2 Å². The summed E-state index contributed by atoms with van der Waals surface area (Å²) in [6, 6.07) is 5.16. The highest BCUT2D eigenvalue weighted by Gasteiger charge is 2.24. The first kappa shape index (κ1) is 11.4. The van der Waals surface area contributed by atoms with Gasteiger partial charge in [0.2, 0.25) is 0 Å². The van der Waals surface area contributed by atoms with Gasteiger partial charge in [-0.2, -0.15) is 0 Å². The molecule has 88 valence electrons. The molecule has 2 atom stereocenters. The highest BCUT2D eigenvalue weighted by atomic mass is 15.2. The molecule has 0 aliphatic carbocycles. The van der Waals surface area contributed by atoms with E-state index >= 15 is 0 Å². The Bertz CT molecular complexity index is 375. The third-order valence-corrected chi connectivity index (χ3v) is 3.42. The molecule has 1 aromatic heterocycles. The highest BCUT2D eigenvalue weighted by molar-refractivity contribution is 5.51. The number of hydrogen-bond acceptors (Lipinski definition) is 3. The van der Waals surface area contributed by atoms with E-state index in [1.165, 1.54) is 5.69 Å². The van der Waals surface area contributed by atoms with Crippen LogP contribution in [0.3, 0.4) is 0 Å². The van der Waals surface area contributed by atoms with Crippen LogP contribution in [0.4, 0.5) is 5.69 Å². The molecule has 0 amide bonds. The van der Waals surface area contributed by atoms with Crippen molar-refractivity contribution in [3.63, 3.8) is 0 Å². The monoisotopic (exact) mass is 219 g/mol. The second-order valence-electron chi connectivity index (χ2n) is 4.88. The Morgan fingerprint density at radius 1 is 1.38 bits per heavy atom. The van der Waals surface area contributed by atoms with Gasteiger partial charge >= 0.3 is 0 Å². The van der Waals surface area contributed by atoms with Crippen molar-refractivity contribution in [1.82, 2.24) is 4.98 Å². The molecule has 0 aromatic carbocycles. The van der Waals surface area contributed by atoms with Crippen molar-refractivity contribution in [2.75, 3.05) is 11.4 Å². The van der Waals surface area contributed by atoms with Crippen molar-refractivity contribution in [3.05, 3.63) is 23.5 Å². The zero-order valence-corrected chi connectivity index (χ0v) is 10.4. The fourth-order valence-corrected chi connectivity index (χ4v) is 2.55. The second kappa shape index (κ2) is 4.42. The van der Waals surface area contributed by atoms with E-state index in [0.29, 0.717) is 12.1 Å². The molecule has 2 rings (SSSR count). The zero-order valence-electron chi connectivity index (χ0n) is 10.4. The third-order valence-electron chi connectivity index (χ3n) is 3.42. The van der Waals surface area contributed by atoms with Gasteiger partial charge in [-0.3, -0.25) is 4.98 Å². The molecule has 3 heteroatoms. The molecule has 0 radical (unpaired) electrons. The maximum absolute atomic E-state index is 5.99. The van der Waals surface area contributed by atoms with E-state index in [2.05, 4.69) is 35.9 Å². The lowest BCUT2D eigenvalue weighted by Gasteiger charge is -2.38. The summed E-state index contributed by atoms with van der Waals surface area (Å²) in [6.07, 6.45) is 2.16. The average molecular weight is 219 g/mol. The lowest BCUT2D eigenvalue weighted by atomic mass is 9.98. The van der Waals surface area contributed by atoms with Crippen molar-refractivity contribution in [3.8, 4) is 0 Å². The maximum Gasteiger partial charge on any atom is 0.0609 e. The van der Waals surface area contributed by atoms with Crippen molar-refractivity contribution in [1.29, 1.82) is 0 Å². The van der Waals surface area contributed by atoms with E-state index in [4.69, 9.17) is 5.73 Å². The van der Waals surface area contributed by atoms with Crippen LogP contribution in [0.15, 0.2) is 12.1 Å². The molecule has 1 saturated heterocycles. The molecular weight excluding hydrogens is 198 g/mol. The summed E-state index contributed by atoms with van der Waals surface area (Å²) in [5.41, 5.74) is 9.47. The Hall–Kier alpha value is -1.09. The van der Waals surface area contributed by atoms with Gasteiger partial charge in [0.15, 0.2) is 0 Å². The van der Waals surface area contributed by atoms with Crippen LogP contribution in [-0.4, -0.2) is 23.6 Å². The van der Waals surface area contributed by atoms with Gasteiger partial charge in [-0.1, -0.05) is 0 Å². The topological polar surface area (TPSA) is 42.1 Å². The van der Waals surface area contributed by atoms with Gasteiger partial charge in [0.1, 0.15) is 0 Å². The third kappa shape index (κ3) is 2.19. The van der Waals surface area contributed by atoms with Gasteiger partial charge in [-0.25, -0.2) is 0 Å². The number of aryl methyl sites for hydroxylation is 2. The molecule has 2 N–H and O–H groups in total. The minimum Gasteiger partial charge on any atom is -0.367 e. The molecule has 1 aliphatic heterocycles. The fourth-order valence-electron chi connectivity index (χ4n) is 2.55. The minimum absolute atomic E-state index is 0.366. The molecule has 1 aromatic rings. The van der Waals surface area contributed by atoms with Crippen LogP contribution in [-0.2, 0) is 0 Å². The zero-order chi connectivity index (χ0) is 11.7. The van der Waals surface area contributed by atoms with Crippen LogP contribution < -0.4 is 10.6 Å². The van der Waals surface area contributed by atoms with Gasteiger partial charge in [0.25, 0.3) is 0 Å². The summed E-state index contributed by atoms with van der Waals surface area (Å²) < 4.78 is 0. The molecule has 0 bridgehead atoms. The van der Waals surface area contributed by atoms with Crippen molar-refractivity contribution >= 4 is 5.69 Å². The summed E-state index contributed by atoms with van der Waals surface area (Å²) in [4.78, 5) is 6.96. The predicted octanol–water partition coefficient (Wildman–Crippen LogP) is 2.01. The molecule has 16 heavy (non-hydrogen) atoms. The Labute approximate surface area is 97.7 Å². The lowest BCUT2D eigenvalue weighted by molar-refractivity contribution is 0.429. The van der Waals surface area contributed by atoms with E-state index in [1.54, 1.807) is 0 Å². The number of anilines is 1. The number of rotatable bonds is 1. The standard InChI is InChI=1S/C13H21N3/c1-9-4-5-13(11(3)15-9)16-7-6-12(14)8-10(16)2/h4-5,10,12H,6-8,14H2,1-3H3. The number of piperidine rings is 1. The second-order valence-corrected chi connectivity index (χ2v) is 4.88. The number of aromatic nitrogens is 1.